The molecule has 3 rings (SSSR count). The lowest BCUT2D eigenvalue weighted by Gasteiger charge is -2.20. The van der Waals surface area contributed by atoms with Gasteiger partial charge in [-0.25, -0.2) is 9.48 Å². The van der Waals surface area contributed by atoms with Crippen LogP contribution in [0.25, 0.3) is 0 Å². The normalized spacial score (nSPS) is 11.1. The quantitative estimate of drug-likeness (QED) is 0.327. The molecule has 0 bridgehead atoms. The molecular weight excluding hydrogens is 518 g/mol. The van der Waals surface area contributed by atoms with Gasteiger partial charge in [0.1, 0.15) is 5.60 Å². The standard InChI is InChI=1S/C29H36ClN5O4/c1-20-18-34-35(15-14-31-24-8-6-5-7-9-24)27(37)25(20)17-26(36)33-19-22-16-23(30)11-10-21(22)12-13-32-28(38)39-29(2,3)4/h5-11,16,18,31H,12-15,17,19H2,1-4H3,(H,32,38)(H,33,36). The number of aromatic nitrogens is 2. The van der Waals surface area contributed by atoms with Crippen LogP contribution in [0.2, 0.25) is 5.02 Å². The van der Waals surface area contributed by atoms with Crippen molar-refractivity contribution in [1.82, 2.24) is 20.4 Å². The van der Waals surface area contributed by atoms with Crippen LogP contribution >= 0.6 is 11.6 Å². The summed E-state index contributed by atoms with van der Waals surface area (Å²) in [7, 11) is 0. The maximum atomic E-state index is 13.0. The molecule has 9 nitrogen and oxygen atoms in total. The van der Waals surface area contributed by atoms with Crippen molar-refractivity contribution < 1.29 is 14.3 Å². The number of hydrogen-bond donors (Lipinski definition) is 3. The second-order valence-corrected chi connectivity index (χ2v) is 10.6. The summed E-state index contributed by atoms with van der Waals surface area (Å²) < 4.78 is 6.64. The van der Waals surface area contributed by atoms with Gasteiger partial charge in [-0.2, -0.15) is 5.10 Å². The predicted octanol–water partition coefficient (Wildman–Crippen LogP) is 4.24. The molecule has 0 atom stereocenters. The first-order valence-electron chi connectivity index (χ1n) is 12.9. The van der Waals surface area contributed by atoms with Gasteiger partial charge in [0.15, 0.2) is 0 Å². The molecule has 0 spiro atoms. The zero-order chi connectivity index (χ0) is 28.4. The molecule has 3 aromatic rings. The summed E-state index contributed by atoms with van der Waals surface area (Å²) in [6, 6.07) is 15.1. The van der Waals surface area contributed by atoms with Gasteiger partial charge in [-0.3, -0.25) is 9.59 Å². The average Bonchev–Trinajstić information content (AvgIpc) is 2.87. The van der Waals surface area contributed by atoms with Gasteiger partial charge < -0.3 is 20.7 Å². The van der Waals surface area contributed by atoms with Crippen molar-refractivity contribution in [3.63, 3.8) is 0 Å². The van der Waals surface area contributed by atoms with Gasteiger partial charge in [0.25, 0.3) is 5.56 Å². The van der Waals surface area contributed by atoms with E-state index in [1.165, 1.54) is 4.68 Å². The summed E-state index contributed by atoms with van der Waals surface area (Å²) in [4.78, 5) is 37.8. The lowest BCUT2D eigenvalue weighted by molar-refractivity contribution is -0.120. The van der Waals surface area contributed by atoms with Gasteiger partial charge in [-0.05, 0) is 75.1 Å². The number of halogens is 1. The number of alkyl carbamates (subject to hydrolysis) is 1. The molecular formula is C29H36ClN5O4. The summed E-state index contributed by atoms with van der Waals surface area (Å²) in [6.45, 7) is 8.68. The van der Waals surface area contributed by atoms with Crippen molar-refractivity contribution in [2.24, 2.45) is 0 Å². The highest BCUT2D eigenvalue weighted by molar-refractivity contribution is 6.30. The van der Waals surface area contributed by atoms with E-state index in [1.54, 1.807) is 46.0 Å². The fourth-order valence-corrected chi connectivity index (χ4v) is 4.08. The highest BCUT2D eigenvalue weighted by Gasteiger charge is 2.16. The maximum Gasteiger partial charge on any atom is 0.407 e. The summed E-state index contributed by atoms with van der Waals surface area (Å²) >= 11 is 6.20. The van der Waals surface area contributed by atoms with E-state index in [-0.39, 0.29) is 24.4 Å². The number of aryl methyl sites for hydroxylation is 1. The molecule has 3 N–H and O–H groups in total. The van der Waals surface area contributed by atoms with Crippen LogP contribution < -0.4 is 21.5 Å². The van der Waals surface area contributed by atoms with E-state index in [4.69, 9.17) is 16.3 Å². The van der Waals surface area contributed by atoms with Crippen LogP contribution in [0.5, 0.6) is 0 Å². The van der Waals surface area contributed by atoms with Crippen LogP contribution in [0, 0.1) is 6.92 Å². The molecule has 1 aromatic heterocycles. The molecule has 0 saturated heterocycles. The van der Waals surface area contributed by atoms with E-state index in [2.05, 4.69) is 21.0 Å². The van der Waals surface area contributed by atoms with Gasteiger partial charge in [0.05, 0.1) is 19.2 Å². The average molecular weight is 554 g/mol. The van der Waals surface area contributed by atoms with E-state index >= 15 is 0 Å². The molecule has 0 aliphatic rings. The van der Waals surface area contributed by atoms with Crippen molar-refractivity contribution in [1.29, 1.82) is 0 Å². The lowest BCUT2D eigenvalue weighted by atomic mass is 10.0. The van der Waals surface area contributed by atoms with Gasteiger partial charge in [0, 0.05) is 35.9 Å². The third kappa shape index (κ3) is 9.76. The van der Waals surface area contributed by atoms with E-state index in [0.29, 0.717) is 42.2 Å². The number of para-hydroxylation sites is 1. The van der Waals surface area contributed by atoms with Crippen LogP contribution in [-0.2, 0) is 35.5 Å². The molecule has 39 heavy (non-hydrogen) atoms. The Bertz CT molecular complexity index is 1340. The number of ether oxygens (including phenoxy) is 1. The first-order valence-corrected chi connectivity index (χ1v) is 13.2. The number of hydrogen-bond acceptors (Lipinski definition) is 6. The highest BCUT2D eigenvalue weighted by Crippen LogP contribution is 2.17. The molecule has 0 fully saturated rings. The number of benzene rings is 2. The number of carbonyl (C=O) groups excluding carboxylic acids is 2. The minimum Gasteiger partial charge on any atom is -0.444 e. The number of nitrogens with zero attached hydrogens (tertiary/aromatic N) is 2. The zero-order valence-corrected chi connectivity index (χ0v) is 23.6. The summed E-state index contributed by atoms with van der Waals surface area (Å²) in [6.07, 6.45) is 1.60. The zero-order valence-electron chi connectivity index (χ0n) is 22.8. The lowest BCUT2D eigenvalue weighted by Crippen LogP contribution is -2.34. The first kappa shape index (κ1) is 29.7. The Morgan fingerprint density at radius 3 is 2.49 bits per heavy atom. The molecule has 1 heterocycles. The van der Waals surface area contributed by atoms with Crippen LogP contribution in [0.4, 0.5) is 10.5 Å². The van der Waals surface area contributed by atoms with Crippen molar-refractivity contribution in [3.8, 4) is 0 Å². The second kappa shape index (κ2) is 13.8. The number of amides is 2. The number of rotatable bonds is 11. The molecule has 2 amide bonds. The minimum atomic E-state index is -0.574. The van der Waals surface area contributed by atoms with E-state index in [1.807, 2.05) is 36.4 Å². The maximum absolute atomic E-state index is 13.0. The van der Waals surface area contributed by atoms with Gasteiger partial charge in [-0.1, -0.05) is 35.9 Å². The van der Waals surface area contributed by atoms with Gasteiger partial charge in [0.2, 0.25) is 5.91 Å². The van der Waals surface area contributed by atoms with Crippen LogP contribution in [0.3, 0.4) is 0 Å². The van der Waals surface area contributed by atoms with Gasteiger partial charge >= 0.3 is 6.09 Å². The van der Waals surface area contributed by atoms with Crippen LogP contribution in [0.1, 0.15) is 43.0 Å². The number of anilines is 1. The number of nitrogens with one attached hydrogen (secondary N) is 3. The molecule has 0 aliphatic heterocycles. The largest absolute Gasteiger partial charge is 0.444 e. The van der Waals surface area contributed by atoms with Crippen molar-refractivity contribution in [3.05, 3.63) is 92.4 Å². The fourth-order valence-electron chi connectivity index (χ4n) is 3.88. The summed E-state index contributed by atoms with van der Waals surface area (Å²) in [5.41, 5.74) is 2.95. The topological polar surface area (TPSA) is 114 Å². The van der Waals surface area contributed by atoms with Crippen LogP contribution in [-0.4, -0.2) is 40.5 Å². The first-order chi connectivity index (χ1) is 18.5. The van der Waals surface area contributed by atoms with Crippen molar-refractivity contribution in [2.45, 2.75) is 59.2 Å². The van der Waals surface area contributed by atoms with Crippen LogP contribution in [0.15, 0.2) is 59.5 Å². The van der Waals surface area contributed by atoms with Gasteiger partial charge in [-0.15, -0.1) is 0 Å². The van der Waals surface area contributed by atoms with Crippen molar-refractivity contribution >= 4 is 29.3 Å². The molecule has 2 aromatic carbocycles. The Kier molecular flexibility index (Phi) is 10.5. The summed E-state index contributed by atoms with van der Waals surface area (Å²) in [5, 5.41) is 13.7. The Labute approximate surface area is 233 Å². The second-order valence-electron chi connectivity index (χ2n) is 10.2. The highest BCUT2D eigenvalue weighted by atomic mass is 35.5. The third-order valence-corrected chi connectivity index (χ3v) is 6.07. The monoisotopic (exact) mass is 553 g/mol. The Morgan fingerprint density at radius 1 is 1.03 bits per heavy atom. The molecule has 0 radical (unpaired) electrons. The Balaban J connectivity index is 1.57. The molecule has 10 heteroatoms. The Hall–Kier alpha value is -3.85. The predicted molar refractivity (Wildman–Crippen MR) is 153 cm³/mol. The fraction of sp³-hybridized carbons (Fsp3) is 0.379. The smallest absolute Gasteiger partial charge is 0.407 e. The summed E-state index contributed by atoms with van der Waals surface area (Å²) in [5.74, 6) is -0.284. The van der Waals surface area contributed by atoms with E-state index < -0.39 is 11.7 Å². The molecule has 0 saturated carbocycles. The molecule has 0 unspecified atom stereocenters. The SMILES string of the molecule is Cc1cnn(CCNc2ccccc2)c(=O)c1CC(=O)NCc1cc(Cl)ccc1CCNC(=O)OC(C)(C)C. The van der Waals surface area contributed by atoms with E-state index in [9.17, 15) is 14.4 Å². The number of carbonyl (C=O) groups is 2. The minimum absolute atomic E-state index is 0.0601. The molecule has 208 valence electrons. The van der Waals surface area contributed by atoms with Crippen molar-refractivity contribution in [2.75, 3.05) is 18.4 Å². The van der Waals surface area contributed by atoms with E-state index in [0.717, 1.165) is 16.8 Å². The third-order valence-electron chi connectivity index (χ3n) is 5.83. The molecule has 0 aliphatic carbocycles. The Morgan fingerprint density at radius 2 is 1.77 bits per heavy atom.